The number of carbonyl (C=O) groups excluding carboxylic acids is 1. The number of aliphatic hydroxyl groups excluding tert-OH is 1. The van der Waals surface area contributed by atoms with Gasteiger partial charge in [0.1, 0.15) is 0 Å². The Kier molecular flexibility index (Phi) is 5.44. The van der Waals surface area contributed by atoms with Crippen LogP contribution in [0.3, 0.4) is 0 Å². The van der Waals surface area contributed by atoms with Crippen molar-refractivity contribution in [2.45, 2.75) is 58.4 Å². The van der Waals surface area contributed by atoms with E-state index in [-0.39, 0.29) is 23.8 Å². The molecule has 0 spiro atoms. The zero-order valence-electron chi connectivity index (χ0n) is 13.0. The van der Waals surface area contributed by atoms with E-state index in [4.69, 9.17) is 5.11 Å². The second-order valence-electron chi connectivity index (χ2n) is 6.92. The van der Waals surface area contributed by atoms with Crippen molar-refractivity contribution in [2.24, 2.45) is 17.3 Å². The summed E-state index contributed by atoms with van der Waals surface area (Å²) >= 11 is 0. The van der Waals surface area contributed by atoms with Gasteiger partial charge in [0, 0.05) is 25.1 Å². The monoisotopic (exact) mass is 282 g/mol. The fourth-order valence-corrected chi connectivity index (χ4v) is 3.75. The van der Waals surface area contributed by atoms with E-state index >= 15 is 0 Å². The summed E-state index contributed by atoms with van der Waals surface area (Å²) in [6.07, 6.45) is 6.39. The molecule has 0 bridgehead atoms. The maximum atomic E-state index is 12.3. The van der Waals surface area contributed by atoms with Gasteiger partial charge < -0.3 is 15.7 Å². The van der Waals surface area contributed by atoms with Crippen LogP contribution in [-0.2, 0) is 4.79 Å². The first-order chi connectivity index (χ1) is 9.57. The molecule has 1 unspecified atom stereocenters. The zero-order valence-corrected chi connectivity index (χ0v) is 13.0. The summed E-state index contributed by atoms with van der Waals surface area (Å²) in [6, 6.07) is 0.450. The minimum absolute atomic E-state index is 0.177. The molecule has 2 fully saturated rings. The highest BCUT2D eigenvalue weighted by molar-refractivity contribution is 5.78. The number of amides is 1. The van der Waals surface area contributed by atoms with E-state index in [1.165, 1.54) is 19.3 Å². The van der Waals surface area contributed by atoms with E-state index in [2.05, 4.69) is 24.5 Å². The number of aliphatic hydroxyl groups is 1. The quantitative estimate of drug-likeness (QED) is 0.694. The molecule has 20 heavy (non-hydrogen) atoms. The number of carbonyl (C=O) groups is 1. The highest BCUT2D eigenvalue weighted by atomic mass is 16.3. The molecule has 0 aromatic rings. The topological polar surface area (TPSA) is 61.4 Å². The van der Waals surface area contributed by atoms with E-state index in [0.717, 1.165) is 32.4 Å². The van der Waals surface area contributed by atoms with Crippen molar-refractivity contribution in [2.75, 3.05) is 19.7 Å². The van der Waals surface area contributed by atoms with Crippen molar-refractivity contribution in [3.8, 4) is 0 Å². The van der Waals surface area contributed by atoms with Crippen LogP contribution in [0.1, 0.15) is 52.4 Å². The highest BCUT2D eigenvalue weighted by Gasteiger charge is 2.41. The smallest absolute Gasteiger partial charge is 0.223 e. The van der Waals surface area contributed by atoms with Crippen LogP contribution in [0.25, 0.3) is 0 Å². The van der Waals surface area contributed by atoms with Crippen molar-refractivity contribution in [1.29, 1.82) is 0 Å². The maximum Gasteiger partial charge on any atom is 0.223 e. The van der Waals surface area contributed by atoms with Crippen LogP contribution in [0, 0.1) is 17.3 Å². The van der Waals surface area contributed by atoms with Crippen LogP contribution in [-0.4, -0.2) is 36.8 Å². The van der Waals surface area contributed by atoms with Gasteiger partial charge in [-0.05, 0) is 56.9 Å². The third-order valence-electron chi connectivity index (χ3n) is 5.57. The van der Waals surface area contributed by atoms with Gasteiger partial charge in [-0.15, -0.1) is 0 Å². The molecule has 1 saturated heterocycles. The average molecular weight is 282 g/mol. The molecule has 0 aromatic carbocycles. The molecule has 1 aliphatic carbocycles. The standard InChI is InChI=1S/C16H30N2O2/c1-12(5-9-19)16(6-3-7-16)11-18-15(20)14-4-8-17-13(2)10-14/h12-14,17,19H,3-11H2,1-2H3,(H,18,20)/t12?,13-,14-/m0/s1. The Hall–Kier alpha value is -0.610. The summed E-state index contributed by atoms with van der Waals surface area (Å²) in [6.45, 7) is 6.36. The molecule has 116 valence electrons. The summed E-state index contributed by atoms with van der Waals surface area (Å²) in [7, 11) is 0. The lowest BCUT2D eigenvalue weighted by molar-refractivity contribution is -0.127. The molecule has 4 heteroatoms. The molecule has 4 nitrogen and oxygen atoms in total. The summed E-state index contributed by atoms with van der Waals surface area (Å²) < 4.78 is 0. The summed E-state index contributed by atoms with van der Waals surface area (Å²) in [5, 5.41) is 15.7. The molecule has 1 amide bonds. The van der Waals surface area contributed by atoms with Crippen LogP contribution >= 0.6 is 0 Å². The molecule has 3 atom stereocenters. The molecular weight excluding hydrogens is 252 g/mol. The third kappa shape index (κ3) is 3.53. The number of piperidine rings is 1. The van der Waals surface area contributed by atoms with E-state index in [1.54, 1.807) is 0 Å². The van der Waals surface area contributed by atoms with Gasteiger partial charge in [-0.25, -0.2) is 0 Å². The van der Waals surface area contributed by atoms with Gasteiger partial charge in [0.2, 0.25) is 5.91 Å². The minimum atomic E-state index is 0.177. The molecule has 1 saturated carbocycles. The molecule has 2 aliphatic rings. The SMILES string of the molecule is CC(CCO)C1(CNC(=O)[C@H]2CCN[C@@H](C)C2)CCC1. The Morgan fingerprint density at radius 1 is 1.50 bits per heavy atom. The van der Waals surface area contributed by atoms with Gasteiger partial charge in [0.25, 0.3) is 0 Å². The number of nitrogens with one attached hydrogen (secondary N) is 2. The van der Waals surface area contributed by atoms with Crippen molar-refractivity contribution in [3.05, 3.63) is 0 Å². The second kappa shape index (κ2) is 6.90. The number of hydrogen-bond acceptors (Lipinski definition) is 3. The predicted molar refractivity (Wildman–Crippen MR) is 80.3 cm³/mol. The van der Waals surface area contributed by atoms with Crippen LogP contribution in [0.2, 0.25) is 0 Å². The van der Waals surface area contributed by atoms with E-state index < -0.39 is 0 Å². The summed E-state index contributed by atoms with van der Waals surface area (Å²) in [4.78, 5) is 12.3. The molecule has 1 heterocycles. The lowest BCUT2D eigenvalue weighted by Crippen LogP contribution is -2.49. The van der Waals surface area contributed by atoms with E-state index in [9.17, 15) is 4.79 Å². The maximum absolute atomic E-state index is 12.3. The van der Waals surface area contributed by atoms with Crippen molar-refractivity contribution < 1.29 is 9.90 Å². The summed E-state index contributed by atoms with van der Waals surface area (Å²) in [5.74, 6) is 0.908. The average Bonchev–Trinajstić information content (AvgIpc) is 2.37. The number of hydrogen-bond donors (Lipinski definition) is 3. The second-order valence-corrected chi connectivity index (χ2v) is 6.92. The third-order valence-corrected chi connectivity index (χ3v) is 5.57. The predicted octanol–water partition coefficient (Wildman–Crippen LogP) is 1.68. The van der Waals surface area contributed by atoms with Crippen LogP contribution in [0.15, 0.2) is 0 Å². The fourth-order valence-electron chi connectivity index (χ4n) is 3.75. The Balaban J connectivity index is 1.82. The highest BCUT2D eigenvalue weighted by Crippen LogP contribution is 2.47. The fraction of sp³-hybridized carbons (Fsp3) is 0.938. The lowest BCUT2D eigenvalue weighted by Gasteiger charge is -2.47. The summed E-state index contributed by atoms with van der Waals surface area (Å²) in [5.41, 5.74) is 0.247. The van der Waals surface area contributed by atoms with E-state index in [1.807, 2.05) is 0 Å². The van der Waals surface area contributed by atoms with Gasteiger partial charge in [0.15, 0.2) is 0 Å². The van der Waals surface area contributed by atoms with E-state index in [0.29, 0.717) is 12.0 Å². The Morgan fingerprint density at radius 3 is 2.80 bits per heavy atom. The Bertz CT molecular complexity index is 328. The molecule has 0 radical (unpaired) electrons. The minimum Gasteiger partial charge on any atom is -0.396 e. The van der Waals surface area contributed by atoms with Crippen LogP contribution < -0.4 is 10.6 Å². The molecular formula is C16H30N2O2. The molecule has 2 rings (SSSR count). The van der Waals surface area contributed by atoms with Crippen molar-refractivity contribution >= 4 is 5.91 Å². The first-order valence-corrected chi connectivity index (χ1v) is 8.19. The van der Waals surface area contributed by atoms with Gasteiger partial charge >= 0.3 is 0 Å². The van der Waals surface area contributed by atoms with Crippen LogP contribution in [0.4, 0.5) is 0 Å². The van der Waals surface area contributed by atoms with Gasteiger partial charge in [-0.2, -0.15) is 0 Å². The largest absolute Gasteiger partial charge is 0.396 e. The van der Waals surface area contributed by atoms with Gasteiger partial charge in [0.05, 0.1) is 0 Å². The van der Waals surface area contributed by atoms with Gasteiger partial charge in [-0.3, -0.25) is 4.79 Å². The Morgan fingerprint density at radius 2 is 2.25 bits per heavy atom. The Labute approximate surface area is 122 Å². The molecule has 1 aliphatic heterocycles. The normalized spacial score (nSPS) is 30.4. The van der Waals surface area contributed by atoms with Gasteiger partial charge in [-0.1, -0.05) is 13.3 Å². The zero-order chi connectivity index (χ0) is 14.6. The lowest BCUT2D eigenvalue weighted by atomic mass is 9.60. The van der Waals surface area contributed by atoms with Crippen molar-refractivity contribution in [3.63, 3.8) is 0 Å². The first-order valence-electron chi connectivity index (χ1n) is 8.19. The van der Waals surface area contributed by atoms with Crippen molar-refractivity contribution in [1.82, 2.24) is 10.6 Å². The molecule has 3 N–H and O–H groups in total. The first kappa shape index (κ1) is 15.8. The number of rotatable bonds is 6. The molecule has 0 aromatic heterocycles. The van der Waals surface area contributed by atoms with Crippen LogP contribution in [0.5, 0.6) is 0 Å².